The van der Waals surface area contributed by atoms with Crippen LogP contribution in [0.5, 0.6) is 11.5 Å². The molecule has 9 nitrogen and oxygen atoms in total. The van der Waals surface area contributed by atoms with E-state index < -0.39 is 6.09 Å². The number of phenols is 1. The third-order valence-corrected chi connectivity index (χ3v) is 4.80. The molecular formula is C22H22N4O5S. The van der Waals surface area contributed by atoms with E-state index in [1.165, 1.54) is 31.0 Å². The van der Waals surface area contributed by atoms with Crippen LogP contribution in [0.3, 0.4) is 0 Å². The number of amides is 1. The molecule has 0 aliphatic rings. The average Bonchev–Trinajstić information content (AvgIpc) is 3.22. The monoisotopic (exact) mass is 454 g/mol. The highest BCUT2D eigenvalue weighted by molar-refractivity contribution is 8.15. The maximum absolute atomic E-state index is 11.8. The number of aryl methyl sites for hydroxylation is 1. The predicted octanol–water partition coefficient (Wildman–Crippen LogP) is 4.80. The van der Waals surface area contributed by atoms with Crippen molar-refractivity contribution in [2.75, 3.05) is 20.0 Å². The van der Waals surface area contributed by atoms with Gasteiger partial charge in [0, 0.05) is 24.1 Å². The van der Waals surface area contributed by atoms with Crippen molar-refractivity contribution in [1.82, 2.24) is 10.1 Å². The van der Waals surface area contributed by atoms with Crippen molar-refractivity contribution in [2.45, 2.75) is 13.8 Å². The molecule has 2 aromatic carbocycles. The lowest BCUT2D eigenvalue weighted by Gasteiger charge is -2.11. The van der Waals surface area contributed by atoms with Gasteiger partial charge in [0.2, 0.25) is 11.7 Å². The van der Waals surface area contributed by atoms with Crippen molar-refractivity contribution in [2.24, 2.45) is 9.98 Å². The minimum atomic E-state index is -0.755. The summed E-state index contributed by atoms with van der Waals surface area (Å²) in [6.45, 7) is 3.99. The summed E-state index contributed by atoms with van der Waals surface area (Å²) in [6.07, 6.45) is 1.01. The van der Waals surface area contributed by atoms with Crippen molar-refractivity contribution in [3.05, 3.63) is 53.9 Å². The predicted molar refractivity (Wildman–Crippen MR) is 123 cm³/mol. The maximum atomic E-state index is 11.8. The fourth-order valence-corrected chi connectivity index (χ4v) is 3.28. The summed E-state index contributed by atoms with van der Waals surface area (Å²) in [5.74, 6) is 1.42. The van der Waals surface area contributed by atoms with Gasteiger partial charge >= 0.3 is 6.09 Å². The first-order valence-corrected chi connectivity index (χ1v) is 10.8. The molecule has 166 valence electrons. The number of hydrogen-bond acceptors (Lipinski definition) is 9. The number of thioether (sulfide) groups is 1. The van der Waals surface area contributed by atoms with Crippen LogP contribution in [0.4, 0.5) is 10.5 Å². The summed E-state index contributed by atoms with van der Waals surface area (Å²) in [5.41, 5.74) is 2.27. The summed E-state index contributed by atoms with van der Waals surface area (Å²) in [7, 11) is 1.25. The minimum absolute atomic E-state index is 0.00000425. The first-order valence-electron chi connectivity index (χ1n) is 9.61. The smallest absolute Gasteiger partial charge is 0.434 e. The summed E-state index contributed by atoms with van der Waals surface area (Å²) < 4.78 is 15.2. The maximum Gasteiger partial charge on any atom is 0.434 e. The normalized spacial score (nSPS) is 12.0. The molecule has 0 aliphatic heterocycles. The van der Waals surface area contributed by atoms with E-state index in [1.54, 1.807) is 31.4 Å². The molecule has 1 amide bonds. The Balaban J connectivity index is 2.09. The summed E-state index contributed by atoms with van der Waals surface area (Å²) in [6, 6.07) is 11.9. The molecular weight excluding hydrogens is 432 g/mol. The van der Waals surface area contributed by atoms with Crippen LogP contribution in [0.2, 0.25) is 0 Å². The first kappa shape index (κ1) is 23.0. The molecule has 0 saturated heterocycles. The molecule has 1 aromatic heterocycles. The molecule has 0 fully saturated rings. The number of aromatic nitrogens is 2. The lowest BCUT2D eigenvalue weighted by Crippen LogP contribution is -2.14. The van der Waals surface area contributed by atoms with Gasteiger partial charge in [0.05, 0.1) is 19.4 Å². The van der Waals surface area contributed by atoms with E-state index in [0.717, 1.165) is 5.56 Å². The lowest BCUT2D eigenvalue weighted by atomic mass is 10.1. The number of hydrogen-bond donors (Lipinski definition) is 1. The van der Waals surface area contributed by atoms with Gasteiger partial charge in [0.15, 0.2) is 0 Å². The van der Waals surface area contributed by atoms with Gasteiger partial charge in [-0.3, -0.25) is 0 Å². The number of phenolic OH excluding ortho intramolecular Hbond substituents is 1. The zero-order valence-corrected chi connectivity index (χ0v) is 18.8. The molecule has 0 aliphatic carbocycles. The van der Waals surface area contributed by atoms with Gasteiger partial charge in [-0.15, -0.1) is 11.8 Å². The number of carbonyl (C=O) groups excluding carboxylic acids is 1. The highest BCUT2D eigenvalue weighted by Gasteiger charge is 2.17. The molecule has 1 heterocycles. The van der Waals surface area contributed by atoms with E-state index in [0.29, 0.717) is 46.1 Å². The van der Waals surface area contributed by atoms with Gasteiger partial charge in [0.1, 0.15) is 22.3 Å². The van der Waals surface area contributed by atoms with Crippen LogP contribution >= 0.6 is 11.8 Å². The molecule has 3 rings (SSSR count). The zero-order valence-electron chi connectivity index (χ0n) is 18.0. The molecule has 0 saturated carbocycles. The Labute approximate surface area is 189 Å². The van der Waals surface area contributed by atoms with Crippen molar-refractivity contribution >= 4 is 34.3 Å². The Morgan fingerprint density at radius 2 is 1.97 bits per heavy atom. The van der Waals surface area contributed by atoms with Gasteiger partial charge in [0.25, 0.3) is 0 Å². The largest absolute Gasteiger partial charge is 0.508 e. The van der Waals surface area contributed by atoms with Crippen molar-refractivity contribution in [3.63, 3.8) is 0 Å². The summed E-state index contributed by atoms with van der Waals surface area (Å²) in [4.78, 5) is 24.7. The topological polar surface area (TPSA) is 119 Å². The standard InChI is InChI=1S/C22H22N4O5S/c1-5-30-18-11-15(10-17(27)12-18)19(21(32-4)25-22(28)29-3)24-16-8-6-14(7-9-16)20-23-13(2)31-26-20/h6-12,27H,5H2,1-4H3/b24-19-,25-21-. The van der Waals surface area contributed by atoms with Crippen LogP contribution in [-0.4, -0.2) is 52.1 Å². The van der Waals surface area contributed by atoms with Gasteiger partial charge in [-0.1, -0.05) is 5.16 Å². The second-order valence-electron chi connectivity index (χ2n) is 6.38. The molecule has 0 spiro atoms. The summed E-state index contributed by atoms with van der Waals surface area (Å²) >= 11 is 1.23. The van der Waals surface area contributed by atoms with E-state index in [4.69, 9.17) is 14.3 Å². The van der Waals surface area contributed by atoms with Crippen LogP contribution in [0.15, 0.2) is 57.0 Å². The third-order valence-electron chi connectivity index (χ3n) is 4.13. The van der Waals surface area contributed by atoms with Gasteiger partial charge < -0.3 is 19.1 Å². The van der Waals surface area contributed by atoms with E-state index in [9.17, 15) is 9.90 Å². The molecule has 0 atom stereocenters. The van der Waals surface area contributed by atoms with E-state index in [2.05, 4.69) is 19.9 Å². The number of aliphatic imine (C=N–C) groups is 2. The third kappa shape index (κ3) is 5.73. The SMILES string of the molecule is CCOc1cc(O)cc(C(=N/c2ccc(-c3noc(C)n3)cc2)/C(=N/C(=O)OC)SC)c1. The van der Waals surface area contributed by atoms with Crippen LogP contribution in [0, 0.1) is 6.92 Å². The quantitative estimate of drug-likeness (QED) is 0.417. The number of benzene rings is 2. The second kappa shape index (κ2) is 10.6. The average molecular weight is 455 g/mol. The summed E-state index contributed by atoms with van der Waals surface area (Å²) in [5, 5.41) is 14.4. The highest BCUT2D eigenvalue weighted by Crippen LogP contribution is 2.27. The Hall–Kier alpha value is -3.66. The Bertz CT molecular complexity index is 1160. The first-order chi connectivity index (χ1) is 15.4. The lowest BCUT2D eigenvalue weighted by molar-refractivity contribution is 0.183. The minimum Gasteiger partial charge on any atom is -0.508 e. The number of rotatable bonds is 6. The Morgan fingerprint density at radius 1 is 1.22 bits per heavy atom. The Kier molecular flexibility index (Phi) is 7.61. The zero-order chi connectivity index (χ0) is 23.1. The van der Waals surface area contributed by atoms with Crippen molar-refractivity contribution < 1.29 is 23.9 Å². The van der Waals surface area contributed by atoms with E-state index >= 15 is 0 Å². The number of nitrogens with zero attached hydrogens (tertiary/aromatic N) is 4. The van der Waals surface area contributed by atoms with Crippen LogP contribution < -0.4 is 4.74 Å². The number of methoxy groups -OCH3 is 1. The molecule has 3 aromatic rings. The molecule has 0 unspecified atom stereocenters. The van der Waals surface area contributed by atoms with Gasteiger partial charge in [-0.25, -0.2) is 9.79 Å². The van der Waals surface area contributed by atoms with Crippen molar-refractivity contribution in [3.8, 4) is 22.9 Å². The van der Waals surface area contributed by atoms with Crippen LogP contribution in [0.1, 0.15) is 18.4 Å². The van der Waals surface area contributed by atoms with Gasteiger partial charge in [-0.2, -0.15) is 9.98 Å². The number of carbonyl (C=O) groups is 1. The van der Waals surface area contributed by atoms with Crippen molar-refractivity contribution in [1.29, 1.82) is 0 Å². The van der Waals surface area contributed by atoms with Crippen LogP contribution in [-0.2, 0) is 4.74 Å². The number of aromatic hydroxyl groups is 1. The fraction of sp³-hybridized carbons (Fsp3) is 0.227. The number of ether oxygens (including phenoxy) is 2. The highest BCUT2D eigenvalue weighted by atomic mass is 32.2. The van der Waals surface area contributed by atoms with E-state index in [1.807, 2.05) is 19.1 Å². The molecule has 10 heteroatoms. The Morgan fingerprint density at radius 3 is 2.56 bits per heavy atom. The molecule has 0 bridgehead atoms. The molecule has 32 heavy (non-hydrogen) atoms. The second-order valence-corrected chi connectivity index (χ2v) is 7.18. The van der Waals surface area contributed by atoms with Gasteiger partial charge in [-0.05, 0) is 49.6 Å². The van der Waals surface area contributed by atoms with E-state index in [-0.39, 0.29) is 5.75 Å². The van der Waals surface area contributed by atoms with Crippen LogP contribution in [0.25, 0.3) is 11.4 Å². The molecule has 0 radical (unpaired) electrons. The molecule has 1 N–H and O–H groups in total. The fourth-order valence-electron chi connectivity index (χ4n) is 2.76.